The third-order valence-electron chi connectivity index (χ3n) is 2.70. The number of nitrogens with two attached hydrogens (primary N) is 1. The van der Waals surface area contributed by atoms with Gasteiger partial charge in [0, 0.05) is 11.3 Å². The third kappa shape index (κ3) is 3.48. The molecule has 2 rings (SSSR count). The monoisotopic (exact) mass is 280 g/mol. The molecule has 1 atom stereocenters. The van der Waals surface area contributed by atoms with E-state index in [1.54, 1.807) is 6.92 Å². The van der Waals surface area contributed by atoms with E-state index in [2.05, 4.69) is 17.1 Å². The van der Waals surface area contributed by atoms with E-state index in [9.17, 15) is 8.78 Å². The van der Waals surface area contributed by atoms with Crippen molar-refractivity contribution < 1.29 is 8.78 Å². The Labute approximate surface area is 112 Å². The molecule has 1 heterocycles. The Balaban J connectivity index is 2.34. The summed E-state index contributed by atoms with van der Waals surface area (Å²) in [6.07, 6.45) is 3.78. The Kier molecular flexibility index (Phi) is 4.43. The van der Waals surface area contributed by atoms with Gasteiger partial charge < -0.3 is 5.73 Å². The van der Waals surface area contributed by atoms with Crippen LogP contribution in [0.25, 0.3) is 6.08 Å². The first-order chi connectivity index (χ1) is 9.08. The summed E-state index contributed by atoms with van der Waals surface area (Å²) in [6, 6.07) is 5.90. The lowest BCUT2D eigenvalue weighted by atomic mass is 10.1. The van der Waals surface area contributed by atoms with Crippen LogP contribution in [0.1, 0.15) is 12.5 Å². The van der Waals surface area contributed by atoms with E-state index in [1.165, 1.54) is 11.4 Å². The highest BCUT2D eigenvalue weighted by Gasteiger charge is 2.09. The molecule has 0 saturated heterocycles. The summed E-state index contributed by atoms with van der Waals surface area (Å²) in [7, 11) is 0.742. The minimum Gasteiger partial charge on any atom is -0.397 e. The van der Waals surface area contributed by atoms with Gasteiger partial charge in [0.05, 0.1) is 11.4 Å². The zero-order chi connectivity index (χ0) is 13.8. The average Bonchev–Trinajstić information content (AvgIpc) is 2.39. The lowest BCUT2D eigenvalue weighted by molar-refractivity contribution is 0.188. The Morgan fingerprint density at radius 1 is 1.47 bits per heavy atom. The minimum absolute atomic E-state index is 0.455. The number of rotatable bonds is 3. The largest absolute Gasteiger partial charge is 0.397 e. The Morgan fingerprint density at radius 3 is 3.00 bits per heavy atom. The van der Waals surface area contributed by atoms with Crippen LogP contribution in [0.4, 0.5) is 14.5 Å². The molecule has 0 saturated carbocycles. The first-order valence-electron chi connectivity index (χ1n) is 5.92. The highest BCUT2D eigenvalue weighted by molar-refractivity contribution is 7.47. The highest BCUT2D eigenvalue weighted by Crippen LogP contribution is 2.28. The zero-order valence-corrected chi connectivity index (χ0v) is 11.5. The van der Waals surface area contributed by atoms with Crippen LogP contribution in [-0.2, 0) is 0 Å². The van der Waals surface area contributed by atoms with Crippen molar-refractivity contribution in [1.82, 2.24) is 0 Å². The molecule has 5 heteroatoms. The molecule has 1 aliphatic heterocycles. The fraction of sp³-hybridized carbons (Fsp3) is 0.214. The molecule has 0 amide bonds. The van der Waals surface area contributed by atoms with Gasteiger partial charge in [0.15, 0.2) is 0 Å². The van der Waals surface area contributed by atoms with Crippen molar-refractivity contribution in [2.45, 2.75) is 13.3 Å². The molecule has 0 aromatic heterocycles. The first kappa shape index (κ1) is 13.9. The van der Waals surface area contributed by atoms with Crippen LogP contribution >= 0.6 is 8.58 Å². The van der Waals surface area contributed by atoms with Crippen LogP contribution in [0.15, 0.2) is 41.0 Å². The number of alkyl halides is 2. The molecule has 0 radical (unpaired) electrons. The van der Waals surface area contributed by atoms with Crippen LogP contribution in [-0.4, -0.2) is 18.3 Å². The summed E-state index contributed by atoms with van der Waals surface area (Å²) in [5.41, 5.74) is 7.13. The van der Waals surface area contributed by atoms with Crippen LogP contribution < -0.4 is 11.0 Å². The van der Waals surface area contributed by atoms with Crippen molar-refractivity contribution in [3.05, 3.63) is 41.6 Å². The molecular formula is C14H15F2N2P. The summed E-state index contributed by atoms with van der Waals surface area (Å²) < 4.78 is 24.7. The maximum absolute atomic E-state index is 12.3. The number of nitrogens with zero attached hydrogens (tertiary/aromatic N) is 1. The van der Waals surface area contributed by atoms with Crippen molar-refractivity contribution in [2.75, 3.05) is 6.16 Å². The van der Waals surface area contributed by atoms with Crippen molar-refractivity contribution in [3.63, 3.8) is 0 Å². The molecule has 2 nitrogen and oxygen atoms in total. The fourth-order valence-electron chi connectivity index (χ4n) is 1.85. The molecule has 1 aromatic carbocycles. The summed E-state index contributed by atoms with van der Waals surface area (Å²) >= 11 is 0. The Morgan fingerprint density at radius 2 is 2.26 bits per heavy atom. The molecule has 1 aliphatic rings. The van der Waals surface area contributed by atoms with Crippen LogP contribution in [0.2, 0.25) is 0 Å². The van der Waals surface area contributed by atoms with Crippen LogP contribution in [0.3, 0.4) is 0 Å². The van der Waals surface area contributed by atoms with Crippen molar-refractivity contribution in [1.29, 1.82) is 0 Å². The molecule has 1 unspecified atom stereocenters. The fourth-order valence-corrected chi connectivity index (χ4v) is 2.92. The second-order valence-corrected chi connectivity index (χ2v) is 5.52. The van der Waals surface area contributed by atoms with Crippen molar-refractivity contribution in [3.8, 4) is 0 Å². The van der Waals surface area contributed by atoms with E-state index in [0.717, 1.165) is 26.0 Å². The van der Waals surface area contributed by atoms with Gasteiger partial charge in [0.25, 0.3) is 6.43 Å². The predicted molar refractivity (Wildman–Crippen MR) is 79.3 cm³/mol. The average molecular weight is 280 g/mol. The second-order valence-electron chi connectivity index (χ2n) is 4.22. The lowest BCUT2D eigenvalue weighted by Gasteiger charge is -2.12. The van der Waals surface area contributed by atoms with Gasteiger partial charge >= 0.3 is 0 Å². The molecule has 2 N–H and O–H groups in total. The molecule has 19 heavy (non-hydrogen) atoms. The molecule has 0 aliphatic carbocycles. The lowest BCUT2D eigenvalue weighted by Crippen LogP contribution is -2.09. The van der Waals surface area contributed by atoms with E-state index < -0.39 is 12.1 Å². The molecular weight excluding hydrogens is 265 g/mol. The second kappa shape index (κ2) is 6.07. The van der Waals surface area contributed by atoms with Crippen LogP contribution in [0.5, 0.6) is 0 Å². The van der Waals surface area contributed by atoms with Crippen molar-refractivity contribution in [2.24, 2.45) is 10.7 Å². The number of benzene rings is 1. The van der Waals surface area contributed by atoms with E-state index in [0.29, 0.717) is 5.71 Å². The quantitative estimate of drug-likeness (QED) is 0.670. The summed E-state index contributed by atoms with van der Waals surface area (Å²) in [6.45, 7) is 1.67. The highest BCUT2D eigenvalue weighted by atomic mass is 31.1. The van der Waals surface area contributed by atoms with E-state index in [-0.39, 0.29) is 0 Å². The number of halogens is 2. The van der Waals surface area contributed by atoms with Gasteiger partial charge in [0.2, 0.25) is 0 Å². The van der Waals surface area contributed by atoms with E-state index in [1.807, 2.05) is 18.2 Å². The van der Waals surface area contributed by atoms with Crippen LogP contribution in [0, 0.1) is 0 Å². The molecule has 100 valence electrons. The summed E-state index contributed by atoms with van der Waals surface area (Å²) in [5.74, 6) is 0. The first-order valence-corrected chi connectivity index (χ1v) is 7.12. The zero-order valence-electron chi connectivity index (χ0n) is 10.5. The van der Waals surface area contributed by atoms with Gasteiger partial charge in [-0.3, -0.25) is 4.99 Å². The maximum Gasteiger partial charge on any atom is 0.277 e. The van der Waals surface area contributed by atoms with E-state index in [4.69, 9.17) is 5.73 Å². The normalized spacial score (nSPS) is 17.1. The SMILES string of the molecule is CC(/C=C(\N)C(F)F)=Nc1cccc2c1C=CCP2. The topological polar surface area (TPSA) is 38.4 Å². The molecule has 1 aromatic rings. The molecule has 0 spiro atoms. The molecule has 0 fully saturated rings. The van der Waals surface area contributed by atoms with Gasteiger partial charge in [-0.2, -0.15) is 0 Å². The van der Waals surface area contributed by atoms with Gasteiger partial charge in [0.1, 0.15) is 0 Å². The number of fused-ring (bicyclic) bond motifs is 1. The van der Waals surface area contributed by atoms with Gasteiger partial charge in [-0.05, 0) is 30.5 Å². The number of allylic oxidation sites excluding steroid dienone is 3. The van der Waals surface area contributed by atoms with Gasteiger partial charge in [-0.15, -0.1) is 0 Å². The number of aliphatic imine (C=N–C) groups is 1. The Hall–Kier alpha value is -1.54. The van der Waals surface area contributed by atoms with E-state index >= 15 is 0 Å². The number of hydrogen-bond acceptors (Lipinski definition) is 2. The minimum atomic E-state index is -2.64. The molecule has 0 bridgehead atoms. The summed E-state index contributed by atoms with van der Waals surface area (Å²) in [5, 5.41) is 1.27. The summed E-state index contributed by atoms with van der Waals surface area (Å²) in [4.78, 5) is 4.37. The standard InChI is InChI=1S/C14H15F2N2P/c1-9(8-11(17)14(15)16)18-12-5-2-6-13-10(12)4-3-7-19-13/h2-6,8,14,19H,7,17H2,1H3/b11-8-,18-9?. The van der Waals surface area contributed by atoms with Gasteiger partial charge in [-0.25, -0.2) is 8.78 Å². The predicted octanol–water partition coefficient (Wildman–Crippen LogP) is 3.22. The van der Waals surface area contributed by atoms with Gasteiger partial charge in [-0.1, -0.05) is 32.9 Å². The smallest absolute Gasteiger partial charge is 0.277 e. The third-order valence-corrected chi connectivity index (χ3v) is 3.96. The maximum atomic E-state index is 12.3. The Bertz CT molecular complexity index is 563. The number of hydrogen-bond donors (Lipinski definition) is 1. The van der Waals surface area contributed by atoms with Crippen molar-refractivity contribution >= 4 is 31.4 Å².